The SMILES string of the molecule is Cc1cc(C)n(CC(=O)NCCCO)n1. The molecule has 0 aromatic carbocycles. The normalized spacial score (nSPS) is 10.3. The molecule has 15 heavy (non-hydrogen) atoms. The van der Waals surface area contributed by atoms with Gasteiger partial charge in [0.1, 0.15) is 6.54 Å². The van der Waals surface area contributed by atoms with Crippen LogP contribution in [0.3, 0.4) is 0 Å². The van der Waals surface area contributed by atoms with E-state index < -0.39 is 0 Å². The van der Waals surface area contributed by atoms with Gasteiger partial charge in [-0.25, -0.2) is 0 Å². The van der Waals surface area contributed by atoms with E-state index in [2.05, 4.69) is 10.4 Å². The minimum absolute atomic E-state index is 0.0744. The first-order chi connectivity index (χ1) is 7.13. The number of aliphatic hydroxyl groups excluding tert-OH is 1. The summed E-state index contributed by atoms with van der Waals surface area (Å²) in [6.07, 6.45) is 0.586. The van der Waals surface area contributed by atoms with Crippen molar-refractivity contribution in [1.82, 2.24) is 15.1 Å². The summed E-state index contributed by atoms with van der Waals surface area (Å²) in [6, 6.07) is 1.93. The predicted octanol–water partition coefficient (Wildman–Crippen LogP) is -0.00146. The second kappa shape index (κ2) is 5.50. The summed E-state index contributed by atoms with van der Waals surface area (Å²) in [7, 11) is 0. The Morgan fingerprint density at radius 3 is 2.87 bits per heavy atom. The third-order valence-electron chi connectivity index (χ3n) is 2.05. The maximum absolute atomic E-state index is 11.4. The number of nitrogens with one attached hydrogen (secondary N) is 1. The number of amides is 1. The van der Waals surface area contributed by atoms with Crippen molar-refractivity contribution in [3.63, 3.8) is 0 Å². The van der Waals surface area contributed by atoms with E-state index in [-0.39, 0.29) is 19.1 Å². The van der Waals surface area contributed by atoms with Gasteiger partial charge in [0.2, 0.25) is 5.91 Å². The van der Waals surface area contributed by atoms with Crippen molar-refractivity contribution in [3.05, 3.63) is 17.5 Å². The van der Waals surface area contributed by atoms with E-state index in [1.54, 1.807) is 4.68 Å². The highest BCUT2D eigenvalue weighted by atomic mass is 16.3. The van der Waals surface area contributed by atoms with Crippen LogP contribution in [-0.2, 0) is 11.3 Å². The van der Waals surface area contributed by atoms with Gasteiger partial charge in [0.05, 0.1) is 5.69 Å². The van der Waals surface area contributed by atoms with E-state index >= 15 is 0 Å². The van der Waals surface area contributed by atoms with Crippen LogP contribution in [0.2, 0.25) is 0 Å². The molecule has 0 unspecified atom stereocenters. The molecule has 1 heterocycles. The number of rotatable bonds is 5. The number of aromatic nitrogens is 2. The average molecular weight is 211 g/mol. The van der Waals surface area contributed by atoms with Gasteiger partial charge in [0.15, 0.2) is 0 Å². The van der Waals surface area contributed by atoms with Crippen LogP contribution in [0, 0.1) is 13.8 Å². The van der Waals surface area contributed by atoms with E-state index in [0.717, 1.165) is 11.4 Å². The summed E-state index contributed by atoms with van der Waals surface area (Å²) in [5, 5.41) is 15.4. The van der Waals surface area contributed by atoms with Crippen LogP contribution in [0.5, 0.6) is 0 Å². The fourth-order valence-corrected chi connectivity index (χ4v) is 1.33. The molecule has 1 rings (SSSR count). The lowest BCUT2D eigenvalue weighted by Crippen LogP contribution is -2.29. The third-order valence-corrected chi connectivity index (χ3v) is 2.05. The fraction of sp³-hybridized carbons (Fsp3) is 0.600. The molecule has 0 bridgehead atoms. The molecular formula is C10H17N3O2. The van der Waals surface area contributed by atoms with Gasteiger partial charge in [-0.3, -0.25) is 9.48 Å². The minimum atomic E-state index is -0.0744. The van der Waals surface area contributed by atoms with Crippen LogP contribution >= 0.6 is 0 Å². The molecule has 0 atom stereocenters. The summed E-state index contributed by atoms with van der Waals surface area (Å²) in [5.74, 6) is -0.0744. The lowest BCUT2D eigenvalue weighted by molar-refractivity contribution is -0.121. The summed E-state index contributed by atoms with van der Waals surface area (Å²) in [6.45, 7) is 4.66. The molecule has 0 spiro atoms. The predicted molar refractivity (Wildman–Crippen MR) is 56.4 cm³/mol. The van der Waals surface area contributed by atoms with Crippen LogP contribution < -0.4 is 5.32 Å². The summed E-state index contributed by atoms with van der Waals surface area (Å²) in [5.41, 5.74) is 1.89. The molecule has 1 amide bonds. The molecule has 0 saturated carbocycles. The molecule has 0 fully saturated rings. The minimum Gasteiger partial charge on any atom is -0.396 e. The van der Waals surface area contributed by atoms with Crippen LogP contribution in [0.25, 0.3) is 0 Å². The van der Waals surface area contributed by atoms with E-state index in [4.69, 9.17) is 5.11 Å². The molecule has 0 aliphatic carbocycles. The second-order valence-electron chi connectivity index (χ2n) is 3.51. The first-order valence-corrected chi connectivity index (χ1v) is 5.02. The van der Waals surface area contributed by atoms with E-state index in [9.17, 15) is 4.79 Å². The number of aryl methyl sites for hydroxylation is 2. The van der Waals surface area contributed by atoms with Crippen molar-refractivity contribution >= 4 is 5.91 Å². The molecular weight excluding hydrogens is 194 g/mol. The molecule has 5 nitrogen and oxygen atoms in total. The van der Waals surface area contributed by atoms with Crippen LogP contribution in [-0.4, -0.2) is 33.9 Å². The first-order valence-electron chi connectivity index (χ1n) is 5.02. The number of hydrogen-bond acceptors (Lipinski definition) is 3. The van der Waals surface area contributed by atoms with Crippen molar-refractivity contribution in [2.75, 3.05) is 13.2 Å². The van der Waals surface area contributed by atoms with Gasteiger partial charge >= 0.3 is 0 Å². The Morgan fingerprint density at radius 1 is 1.60 bits per heavy atom. The molecule has 2 N–H and O–H groups in total. The number of aliphatic hydroxyl groups is 1. The lowest BCUT2D eigenvalue weighted by atomic mass is 10.4. The van der Waals surface area contributed by atoms with E-state index in [0.29, 0.717) is 13.0 Å². The second-order valence-corrected chi connectivity index (χ2v) is 3.51. The lowest BCUT2D eigenvalue weighted by Gasteiger charge is -2.05. The Balaban J connectivity index is 2.41. The largest absolute Gasteiger partial charge is 0.396 e. The molecule has 1 aromatic rings. The molecule has 5 heteroatoms. The Labute approximate surface area is 89.1 Å². The Morgan fingerprint density at radius 2 is 2.33 bits per heavy atom. The Hall–Kier alpha value is -1.36. The van der Waals surface area contributed by atoms with Crippen LogP contribution in [0.1, 0.15) is 17.8 Å². The molecule has 0 aliphatic heterocycles. The van der Waals surface area contributed by atoms with Crippen molar-refractivity contribution in [2.45, 2.75) is 26.8 Å². The summed E-state index contributed by atoms with van der Waals surface area (Å²) >= 11 is 0. The highest BCUT2D eigenvalue weighted by Crippen LogP contribution is 2.00. The maximum atomic E-state index is 11.4. The summed E-state index contributed by atoms with van der Waals surface area (Å²) < 4.78 is 1.67. The van der Waals surface area contributed by atoms with Gasteiger partial charge < -0.3 is 10.4 Å². The van der Waals surface area contributed by atoms with Crippen LogP contribution in [0.4, 0.5) is 0 Å². The monoisotopic (exact) mass is 211 g/mol. The third kappa shape index (κ3) is 3.71. The summed E-state index contributed by atoms with van der Waals surface area (Å²) in [4.78, 5) is 11.4. The van der Waals surface area contributed by atoms with Gasteiger partial charge in [0, 0.05) is 18.8 Å². The number of carbonyl (C=O) groups excluding carboxylic acids is 1. The van der Waals surface area contributed by atoms with Crippen LogP contribution in [0.15, 0.2) is 6.07 Å². The zero-order chi connectivity index (χ0) is 11.3. The number of hydrogen-bond donors (Lipinski definition) is 2. The maximum Gasteiger partial charge on any atom is 0.241 e. The smallest absolute Gasteiger partial charge is 0.241 e. The van der Waals surface area contributed by atoms with Crippen molar-refractivity contribution in [2.24, 2.45) is 0 Å². The highest BCUT2D eigenvalue weighted by molar-refractivity contribution is 5.75. The van der Waals surface area contributed by atoms with Gasteiger partial charge in [-0.1, -0.05) is 0 Å². The van der Waals surface area contributed by atoms with Crippen molar-refractivity contribution < 1.29 is 9.90 Å². The number of nitrogens with zero attached hydrogens (tertiary/aromatic N) is 2. The Kier molecular flexibility index (Phi) is 4.30. The quantitative estimate of drug-likeness (QED) is 0.674. The van der Waals surface area contributed by atoms with Gasteiger partial charge in [0.25, 0.3) is 0 Å². The zero-order valence-corrected chi connectivity index (χ0v) is 9.16. The highest BCUT2D eigenvalue weighted by Gasteiger charge is 2.05. The van der Waals surface area contributed by atoms with Gasteiger partial charge in [-0.05, 0) is 26.3 Å². The topological polar surface area (TPSA) is 67.2 Å². The standard InChI is InChI=1S/C10H17N3O2/c1-8-6-9(2)13(12-8)7-10(15)11-4-3-5-14/h6,14H,3-5,7H2,1-2H3,(H,11,15). The number of carbonyl (C=O) groups is 1. The molecule has 0 aliphatic rings. The van der Waals surface area contributed by atoms with Crippen molar-refractivity contribution in [1.29, 1.82) is 0 Å². The zero-order valence-electron chi connectivity index (χ0n) is 9.16. The first kappa shape index (κ1) is 11.7. The van der Waals surface area contributed by atoms with Gasteiger partial charge in [-0.15, -0.1) is 0 Å². The Bertz CT molecular complexity index is 333. The van der Waals surface area contributed by atoms with E-state index in [1.165, 1.54) is 0 Å². The molecule has 84 valence electrons. The average Bonchev–Trinajstić information content (AvgIpc) is 2.45. The van der Waals surface area contributed by atoms with Gasteiger partial charge in [-0.2, -0.15) is 5.10 Å². The molecule has 1 aromatic heterocycles. The van der Waals surface area contributed by atoms with Crippen molar-refractivity contribution in [3.8, 4) is 0 Å². The molecule has 0 saturated heterocycles. The molecule has 0 radical (unpaired) electrons. The fourth-order valence-electron chi connectivity index (χ4n) is 1.33. The van der Waals surface area contributed by atoms with E-state index in [1.807, 2.05) is 19.9 Å².